The molecule has 1 aliphatic carbocycles. The molecule has 0 bridgehead atoms. The summed E-state index contributed by atoms with van der Waals surface area (Å²) in [4.78, 5) is 0. The fourth-order valence-electron chi connectivity index (χ4n) is 2.55. The van der Waals surface area contributed by atoms with Gasteiger partial charge in [0.15, 0.2) is 0 Å². The topological polar surface area (TPSA) is 0 Å². The standard InChI is InChI=1S/C11H22.C2H6/c1-4-10-6-7-11(5-2)9(3)8-10;1-2/h9-11H,4-8H2,1-3H3;1-2H3. The van der Waals surface area contributed by atoms with Crippen molar-refractivity contribution in [1.29, 1.82) is 0 Å². The molecule has 1 aliphatic rings. The summed E-state index contributed by atoms with van der Waals surface area (Å²) in [6.07, 6.45) is 7.29. The van der Waals surface area contributed by atoms with Crippen LogP contribution in [-0.2, 0) is 0 Å². The van der Waals surface area contributed by atoms with Gasteiger partial charge in [0, 0.05) is 0 Å². The molecule has 0 nitrogen and oxygen atoms in total. The van der Waals surface area contributed by atoms with E-state index >= 15 is 0 Å². The Labute approximate surface area is 85.1 Å². The van der Waals surface area contributed by atoms with Crippen molar-refractivity contribution in [3.05, 3.63) is 0 Å². The molecule has 3 unspecified atom stereocenters. The Kier molecular flexibility index (Phi) is 7.41. The van der Waals surface area contributed by atoms with E-state index in [1.54, 1.807) is 0 Å². The van der Waals surface area contributed by atoms with Crippen molar-refractivity contribution in [2.24, 2.45) is 17.8 Å². The largest absolute Gasteiger partial charge is 0.0683 e. The van der Waals surface area contributed by atoms with E-state index in [1.807, 2.05) is 13.8 Å². The van der Waals surface area contributed by atoms with Crippen molar-refractivity contribution in [2.45, 2.75) is 66.7 Å². The number of hydrogen-bond donors (Lipinski definition) is 0. The van der Waals surface area contributed by atoms with Crippen LogP contribution in [-0.4, -0.2) is 0 Å². The van der Waals surface area contributed by atoms with Crippen LogP contribution < -0.4 is 0 Å². The van der Waals surface area contributed by atoms with Gasteiger partial charge in [-0.3, -0.25) is 0 Å². The first-order valence-electron chi connectivity index (χ1n) is 6.27. The van der Waals surface area contributed by atoms with E-state index in [2.05, 4.69) is 20.8 Å². The van der Waals surface area contributed by atoms with Gasteiger partial charge in [0.05, 0.1) is 0 Å². The first-order valence-corrected chi connectivity index (χ1v) is 6.27. The fraction of sp³-hybridized carbons (Fsp3) is 1.00. The normalized spacial score (nSPS) is 33.5. The Morgan fingerprint density at radius 1 is 1.00 bits per heavy atom. The minimum atomic E-state index is 0.999. The van der Waals surface area contributed by atoms with Gasteiger partial charge in [-0.25, -0.2) is 0 Å². The second kappa shape index (κ2) is 7.41. The van der Waals surface area contributed by atoms with Crippen LogP contribution in [0.4, 0.5) is 0 Å². The summed E-state index contributed by atoms with van der Waals surface area (Å²) in [7, 11) is 0. The second-order valence-corrected chi connectivity index (χ2v) is 4.23. The molecule has 1 saturated carbocycles. The average molecular weight is 184 g/mol. The third-order valence-electron chi connectivity index (χ3n) is 3.56. The average Bonchev–Trinajstić information content (AvgIpc) is 2.20. The van der Waals surface area contributed by atoms with Gasteiger partial charge in [-0.15, -0.1) is 0 Å². The van der Waals surface area contributed by atoms with E-state index in [0.29, 0.717) is 0 Å². The lowest BCUT2D eigenvalue weighted by Gasteiger charge is -2.33. The molecule has 0 aromatic carbocycles. The molecule has 0 amide bonds. The molecule has 0 heterocycles. The molecule has 0 aromatic heterocycles. The van der Waals surface area contributed by atoms with Crippen LogP contribution in [0, 0.1) is 17.8 Å². The van der Waals surface area contributed by atoms with Crippen LogP contribution in [0.3, 0.4) is 0 Å². The van der Waals surface area contributed by atoms with E-state index in [1.165, 1.54) is 32.1 Å². The van der Waals surface area contributed by atoms with Crippen molar-refractivity contribution in [3.63, 3.8) is 0 Å². The number of hydrogen-bond acceptors (Lipinski definition) is 0. The van der Waals surface area contributed by atoms with E-state index in [0.717, 1.165) is 17.8 Å². The smallest absolute Gasteiger partial charge is 0.0391 e. The third-order valence-corrected chi connectivity index (χ3v) is 3.56. The quantitative estimate of drug-likeness (QED) is 0.573. The van der Waals surface area contributed by atoms with Crippen molar-refractivity contribution < 1.29 is 0 Å². The highest BCUT2D eigenvalue weighted by Gasteiger charge is 2.24. The molecule has 0 saturated heterocycles. The summed E-state index contributed by atoms with van der Waals surface area (Å²) in [5.41, 5.74) is 0. The zero-order valence-corrected chi connectivity index (χ0v) is 10.3. The highest BCUT2D eigenvalue weighted by Crippen LogP contribution is 2.36. The fourth-order valence-corrected chi connectivity index (χ4v) is 2.55. The minimum absolute atomic E-state index is 0.999. The Bertz CT molecular complexity index is 107. The molecule has 0 spiro atoms. The van der Waals surface area contributed by atoms with Gasteiger partial charge in [-0.2, -0.15) is 0 Å². The zero-order chi connectivity index (χ0) is 10.3. The third kappa shape index (κ3) is 4.15. The van der Waals surface area contributed by atoms with Crippen LogP contribution in [0.1, 0.15) is 66.7 Å². The Morgan fingerprint density at radius 3 is 2.00 bits per heavy atom. The SMILES string of the molecule is CC.CCC1CCC(CC)C(C)C1. The Balaban J connectivity index is 0.000000671. The van der Waals surface area contributed by atoms with Crippen molar-refractivity contribution in [2.75, 3.05) is 0 Å². The maximum atomic E-state index is 2.44. The van der Waals surface area contributed by atoms with Gasteiger partial charge in [0.25, 0.3) is 0 Å². The lowest BCUT2D eigenvalue weighted by molar-refractivity contribution is 0.186. The molecular formula is C13H28. The first kappa shape index (κ1) is 13.0. The molecule has 1 rings (SSSR count). The first-order chi connectivity index (χ1) is 6.27. The molecule has 80 valence electrons. The van der Waals surface area contributed by atoms with Crippen molar-refractivity contribution in [1.82, 2.24) is 0 Å². The molecule has 0 N–H and O–H groups in total. The molecule has 1 fully saturated rings. The summed E-state index contributed by atoms with van der Waals surface area (Å²) in [6, 6.07) is 0. The van der Waals surface area contributed by atoms with Crippen molar-refractivity contribution >= 4 is 0 Å². The Morgan fingerprint density at radius 2 is 1.62 bits per heavy atom. The van der Waals surface area contributed by atoms with Gasteiger partial charge in [0.2, 0.25) is 0 Å². The maximum Gasteiger partial charge on any atom is -0.0391 e. The van der Waals surface area contributed by atoms with Gasteiger partial charge in [0.1, 0.15) is 0 Å². The van der Waals surface area contributed by atoms with Gasteiger partial charge in [-0.1, -0.05) is 53.9 Å². The summed E-state index contributed by atoms with van der Waals surface area (Å²) in [5.74, 6) is 3.09. The minimum Gasteiger partial charge on any atom is -0.0683 e. The van der Waals surface area contributed by atoms with E-state index in [9.17, 15) is 0 Å². The molecule has 0 aromatic rings. The van der Waals surface area contributed by atoms with Crippen LogP contribution in [0.5, 0.6) is 0 Å². The lowest BCUT2D eigenvalue weighted by Crippen LogP contribution is -2.21. The monoisotopic (exact) mass is 184 g/mol. The molecular weight excluding hydrogens is 156 g/mol. The molecule has 13 heavy (non-hydrogen) atoms. The predicted octanol–water partition coefficient (Wildman–Crippen LogP) is 4.89. The molecule has 0 aliphatic heterocycles. The molecule has 0 heteroatoms. The molecule has 0 radical (unpaired) electrons. The van der Waals surface area contributed by atoms with Gasteiger partial charge >= 0.3 is 0 Å². The van der Waals surface area contributed by atoms with Crippen LogP contribution in [0.15, 0.2) is 0 Å². The summed E-state index contributed by atoms with van der Waals surface area (Å²) >= 11 is 0. The predicted molar refractivity (Wildman–Crippen MR) is 61.9 cm³/mol. The highest BCUT2D eigenvalue weighted by molar-refractivity contribution is 4.76. The van der Waals surface area contributed by atoms with Crippen LogP contribution >= 0.6 is 0 Å². The number of rotatable bonds is 2. The molecule has 3 atom stereocenters. The summed E-state index contributed by atoms with van der Waals surface area (Å²) in [5, 5.41) is 0. The zero-order valence-electron chi connectivity index (χ0n) is 10.3. The van der Waals surface area contributed by atoms with Gasteiger partial charge < -0.3 is 0 Å². The summed E-state index contributed by atoms with van der Waals surface area (Å²) < 4.78 is 0. The second-order valence-electron chi connectivity index (χ2n) is 4.23. The van der Waals surface area contributed by atoms with E-state index < -0.39 is 0 Å². The van der Waals surface area contributed by atoms with Gasteiger partial charge in [-0.05, 0) is 30.6 Å². The van der Waals surface area contributed by atoms with Crippen LogP contribution in [0.2, 0.25) is 0 Å². The summed E-state index contributed by atoms with van der Waals surface area (Å²) in [6.45, 7) is 11.1. The lowest BCUT2D eigenvalue weighted by atomic mass is 9.73. The van der Waals surface area contributed by atoms with E-state index in [4.69, 9.17) is 0 Å². The van der Waals surface area contributed by atoms with Crippen molar-refractivity contribution in [3.8, 4) is 0 Å². The highest BCUT2D eigenvalue weighted by atomic mass is 14.3. The Hall–Kier alpha value is 0. The van der Waals surface area contributed by atoms with Crippen LogP contribution in [0.25, 0.3) is 0 Å². The van der Waals surface area contributed by atoms with E-state index in [-0.39, 0.29) is 0 Å². The maximum absolute atomic E-state index is 2.44.